The molecule has 0 spiro atoms. The van der Waals surface area contributed by atoms with Crippen molar-refractivity contribution in [1.82, 2.24) is 14.5 Å². The summed E-state index contributed by atoms with van der Waals surface area (Å²) >= 11 is 6.22. The molecule has 0 atom stereocenters. The summed E-state index contributed by atoms with van der Waals surface area (Å²) in [4.78, 5) is 22.9. The van der Waals surface area contributed by atoms with Gasteiger partial charge in [0.05, 0.1) is 16.1 Å². The SMILES string of the molecule is CC1(C)CCN(c2nc(=O)n(-c3ccccc3Cl)c3nc(C(F)(F)F)ccc23)C1. The molecular formula is C20H18ClF3N4O. The van der Waals surface area contributed by atoms with Crippen molar-refractivity contribution in [3.05, 3.63) is 57.6 Å². The van der Waals surface area contributed by atoms with Crippen LogP contribution in [0.25, 0.3) is 16.7 Å². The summed E-state index contributed by atoms with van der Waals surface area (Å²) in [5.41, 5.74) is -1.67. The van der Waals surface area contributed by atoms with Crippen LogP contribution in [0.2, 0.25) is 5.02 Å². The minimum Gasteiger partial charge on any atom is -0.355 e. The van der Waals surface area contributed by atoms with Crippen LogP contribution < -0.4 is 10.6 Å². The molecule has 1 aromatic carbocycles. The van der Waals surface area contributed by atoms with Gasteiger partial charge in [0.1, 0.15) is 11.5 Å². The van der Waals surface area contributed by atoms with Gasteiger partial charge in [-0.25, -0.2) is 14.3 Å². The molecule has 0 amide bonds. The van der Waals surface area contributed by atoms with E-state index in [1.165, 1.54) is 6.07 Å². The zero-order valence-corrected chi connectivity index (χ0v) is 16.6. The van der Waals surface area contributed by atoms with E-state index >= 15 is 0 Å². The van der Waals surface area contributed by atoms with Crippen LogP contribution >= 0.6 is 11.6 Å². The molecule has 0 N–H and O–H groups in total. The van der Waals surface area contributed by atoms with E-state index in [2.05, 4.69) is 23.8 Å². The monoisotopic (exact) mass is 422 g/mol. The highest BCUT2D eigenvalue weighted by Crippen LogP contribution is 2.36. The van der Waals surface area contributed by atoms with Crippen LogP contribution in [0.1, 0.15) is 26.0 Å². The lowest BCUT2D eigenvalue weighted by Gasteiger charge is -2.23. The second-order valence-electron chi connectivity index (χ2n) is 7.91. The molecule has 0 radical (unpaired) electrons. The molecule has 3 aromatic rings. The first-order valence-electron chi connectivity index (χ1n) is 9.08. The Morgan fingerprint density at radius 3 is 2.45 bits per heavy atom. The summed E-state index contributed by atoms with van der Waals surface area (Å²) in [5, 5.41) is 0.585. The lowest BCUT2D eigenvalue weighted by molar-refractivity contribution is -0.141. The molecule has 1 aliphatic rings. The van der Waals surface area contributed by atoms with E-state index in [-0.39, 0.29) is 21.8 Å². The van der Waals surface area contributed by atoms with E-state index in [4.69, 9.17) is 11.6 Å². The van der Waals surface area contributed by atoms with Gasteiger partial charge in [-0.1, -0.05) is 37.6 Å². The molecule has 0 saturated carbocycles. The largest absolute Gasteiger partial charge is 0.433 e. The summed E-state index contributed by atoms with van der Waals surface area (Å²) in [6.45, 7) is 5.50. The van der Waals surface area contributed by atoms with E-state index in [9.17, 15) is 18.0 Å². The summed E-state index contributed by atoms with van der Waals surface area (Å²) in [6.07, 6.45) is -3.76. The van der Waals surface area contributed by atoms with Crippen molar-refractivity contribution in [3.8, 4) is 5.69 Å². The Morgan fingerprint density at radius 1 is 1.10 bits per heavy atom. The van der Waals surface area contributed by atoms with Gasteiger partial charge in [-0.15, -0.1) is 0 Å². The van der Waals surface area contributed by atoms with E-state index < -0.39 is 17.6 Å². The first-order valence-corrected chi connectivity index (χ1v) is 9.45. The highest BCUT2D eigenvalue weighted by Gasteiger charge is 2.35. The fraction of sp³-hybridized carbons (Fsp3) is 0.350. The van der Waals surface area contributed by atoms with Gasteiger partial charge < -0.3 is 4.90 Å². The second kappa shape index (κ2) is 6.73. The first kappa shape index (κ1) is 19.7. The Labute approximate surface area is 169 Å². The number of pyridine rings is 1. The average molecular weight is 423 g/mol. The smallest absolute Gasteiger partial charge is 0.355 e. The minimum atomic E-state index is -4.64. The van der Waals surface area contributed by atoms with Crippen molar-refractivity contribution in [2.45, 2.75) is 26.4 Å². The number of para-hydroxylation sites is 1. The third-order valence-corrected chi connectivity index (χ3v) is 5.40. The molecule has 1 saturated heterocycles. The summed E-state index contributed by atoms with van der Waals surface area (Å²) in [6, 6.07) is 8.65. The van der Waals surface area contributed by atoms with Gasteiger partial charge in [-0.05, 0) is 36.1 Å². The number of anilines is 1. The fourth-order valence-corrected chi connectivity index (χ4v) is 3.85. The van der Waals surface area contributed by atoms with Crippen LogP contribution in [-0.2, 0) is 6.18 Å². The van der Waals surface area contributed by atoms with Crippen LogP contribution in [0.5, 0.6) is 0 Å². The molecule has 0 unspecified atom stereocenters. The lowest BCUT2D eigenvalue weighted by atomic mass is 9.93. The van der Waals surface area contributed by atoms with Gasteiger partial charge >= 0.3 is 11.9 Å². The molecule has 4 rings (SSSR count). The van der Waals surface area contributed by atoms with Crippen LogP contribution in [0, 0.1) is 5.41 Å². The van der Waals surface area contributed by atoms with Crippen LogP contribution in [0.3, 0.4) is 0 Å². The number of alkyl halides is 3. The Balaban J connectivity index is 2.03. The van der Waals surface area contributed by atoms with Crippen molar-refractivity contribution < 1.29 is 13.2 Å². The molecule has 0 bridgehead atoms. The van der Waals surface area contributed by atoms with Crippen molar-refractivity contribution in [1.29, 1.82) is 0 Å². The Kier molecular flexibility index (Phi) is 4.57. The van der Waals surface area contributed by atoms with E-state index in [1.807, 2.05) is 4.90 Å². The van der Waals surface area contributed by atoms with Gasteiger partial charge in [0, 0.05) is 13.1 Å². The second-order valence-corrected chi connectivity index (χ2v) is 8.31. The van der Waals surface area contributed by atoms with Crippen molar-refractivity contribution >= 4 is 28.5 Å². The number of fused-ring (bicyclic) bond motifs is 1. The first-order chi connectivity index (χ1) is 13.6. The number of hydrogen-bond donors (Lipinski definition) is 0. The molecule has 2 aromatic heterocycles. The van der Waals surface area contributed by atoms with Crippen LogP contribution in [-0.4, -0.2) is 27.6 Å². The maximum Gasteiger partial charge on any atom is 0.433 e. The highest BCUT2D eigenvalue weighted by molar-refractivity contribution is 6.32. The van der Waals surface area contributed by atoms with Gasteiger partial charge in [0.25, 0.3) is 0 Å². The molecule has 0 aliphatic carbocycles. The number of rotatable bonds is 2. The minimum absolute atomic E-state index is 0.0188. The lowest BCUT2D eigenvalue weighted by Crippen LogP contribution is -2.30. The molecule has 3 heterocycles. The molecule has 9 heteroatoms. The summed E-state index contributed by atoms with van der Waals surface area (Å²) in [7, 11) is 0. The summed E-state index contributed by atoms with van der Waals surface area (Å²) < 4.78 is 41.0. The summed E-state index contributed by atoms with van der Waals surface area (Å²) in [5.74, 6) is 0.347. The number of benzene rings is 1. The van der Waals surface area contributed by atoms with Crippen LogP contribution in [0.15, 0.2) is 41.2 Å². The maximum absolute atomic E-state index is 13.3. The Morgan fingerprint density at radius 2 is 1.83 bits per heavy atom. The molecule has 29 heavy (non-hydrogen) atoms. The number of halogens is 4. The third-order valence-electron chi connectivity index (χ3n) is 5.08. The van der Waals surface area contributed by atoms with Crippen molar-refractivity contribution in [3.63, 3.8) is 0 Å². The molecule has 5 nitrogen and oxygen atoms in total. The van der Waals surface area contributed by atoms with Gasteiger partial charge in [0.15, 0.2) is 5.65 Å². The molecule has 152 valence electrons. The third kappa shape index (κ3) is 3.57. The number of hydrogen-bond acceptors (Lipinski definition) is 4. The normalized spacial score (nSPS) is 16.6. The predicted octanol–water partition coefficient (Wildman–Crippen LogP) is 4.69. The Bertz CT molecular complexity index is 1160. The molecular weight excluding hydrogens is 405 g/mol. The van der Waals surface area contributed by atoms with E-state index in [0.717, 1.165) is 17.1 Å². The standard InChI is InChI=1S/C20H18ClF3N4O/c1-19(2)9-10-27(11-19)16-12-7-8-15(20(22,23)24)25-17(12)28(18(29)26-16)14-6-4-3-5-13(14)21/h3-8H,9-11H2,1-2H3. The zero-order valence-electron chi connectivity index (χ0n) is 15.8. The Hall–Kier alpha value is -2.61. The fourth-order valence-electron chi connectivity index (χ4n) is 3.63. The molecule has 1 fully saturated rings. The van der Waals surface area contributed by atoms with Gasteiger partial charge in [0.2, 0.25) is 0 Å². The quantitative estimate of drug-likeness (QED) is 0.601. The average Bonchev–Trinajstić information content (AvgIpc) is 3.00. The van der Waals surface area contributed by atoms with E-state index in [1.54, 1.807) is 24.3 Å². The maximum atomic E-state index is 13.3. The van der Waals surface area contributed by atoms with E-state index in [0.29, 0.717) is 24.3 Å². The van der Waals surface area contributed by atoms with Crippen molar-refractivity contribution in [2.75, 3.05) is 18.0 Å². The predicted molar refractivity (Wildman–Crippen MR) is 106 cm³/mol. The van der Waals surface area contributed by atoms with Gasteiger partial charge in [-0.3, -0.25) is 0 Å². The molecule has 1 aliphatic heterocycles. The highest BCUT2D eigenvalue weighted by atomic mass is 35.5. The van der Waals surface area contributed by atoms with Crippen LogP contribution in [0.4, 0.5) is 19.0 Å². The number of aromatic nitrogens is 3. The van der Waals surface area contributed by atoms with Gasteiger partial charge in [-0.2, -0.15) is 18.2 Å². The zero-order chi connectivity index (χ0) is 21.0. The number of nitrogens with zero attached hydrogens (tertiary/aromatic N) is 4. The topological polar surface area (TPSA) is 51.0 Å². The van der Waals surface area contributed by atoms with Crippen molar-refractivity contribution in [2.24, 2.45) is 5.41 Å².